The highest BCUT2D eigenvalue weighted by atomic mass is 35.5. The Balaban J connectivity index is 1.54. The molecule has 1 aromatic heterocycles. The topological polar surface area (TPSA) is 68.2 Å². The van der Waals surface area contributed by atoms with Gasteiger partial charge in [0.2, 0.25) is 0 Å². The van der Waals surface area contributed by atoms with Gasteiger partial charge in [-0.3, -0.25) is 0 Å². The number of imidazole rings is 1. The number of aromatic nitrogens is 2. The molecule has 0 radical (unpaired) electrons. The van der Waals surface area contributed by atoms with Crippen LogP contribution in [0.1, 0.15) is 19.2 Å². The Labute approximate surface area is 140 Å². The summed E-state index contributed by atoms with van der Waals surface area (Å²) >= 11 is 5.99. The maximum atomic E-state index is 11.9. The van der Waals surface area contributed by atoms with E-state index in [9.17, 15) is 4.79 Å². The normalized spacial score (nSPS) is 20.8. The monoisotopic (exact) mass is 336 g/mol. The Bertz CT molecular complexity index is 715. The maximum Gasteiger partial charge on any atom is 0.315 e. The van der Waals surface area contributed by atoms with Crippen LogP contribution in [-0.4, -0.2) is 40.9 Å². The van der Waals surface area contributed by atoms with Crippen molar-refractivity contribution in [1.82, 2.24) is 20.2 Å². The molecule has 2 amide bonds. The standard InChI is InChI=1S/C16H21ClN4O2/c1-10-12(6-8-23-10)20-16(22)18-7-5-15-19-13-9-11(17)3-4-14(13)21(15)2/h3-4,9-10,12H,5-8H2,1-2H3,(H2,18,20,22)/t10-,12+/m1/s1. The van der Waals surface area contributed by atoms with E-state index in [-0.39, 0.29) is 18.2 Å². The molecule has 1 aromatic carbocycles. The van der Waals surface area contributed by atoms with E-state index in [0.717, 1.165) is 23.3 Å². The van der Waals surface area contributed by atoms with Crippen molar-refractivity contribution in [2.24, 2.45) is 7.05 Å². The molecule has 2 N–H and O–H groups in total. The molecule has 1 saturated heterocycles. The van der Waals surface area contributed by atoms with Crippen molar-refractivity contribution in [2.75, 3.05) is 13.2 Å². The summed E-state index contributed by atoms with van der Waals surface area (Å²) in [5.74, 6) is 0.917. The van der Waals surface area contributed by atoms with Crippen molar-refractivity contribution in [1.29, 1.82) is 0 Å². The number of hydrogen-bond donors (Lipinski definition) is 2. The molecule has 0 aliphatic carbocycles. The van der Waals surface area contributed by atoms with E-state index in [1.54, 1.807) is 0 Å². The number of rotatable bonds is 4. The largest absolute Gasteiger partial charge is 0.376 e. The Hall–Kier alpha value is -1.79. The zero-order valence-corrected chi connectivity index (χ0v) is 14.1. The van der Waals surface area contributed by atoms with Crippen LogP contribution in [0.5, 0.6) is 0 Å². The molecule has 0 spiro atoms. The van der Waals surface area contributed by atoms with Gasteiger partial charge in [0.05, 0.1) is 23.2 Å². The molecule has 6 nitrogen and oxygen atoms in total. The molecule has 0 bridgehead atoms. The summed E-state index contributed by atoms with van der Waals surface area (Å²) in [6.45, 7) is 3.20. The number of urea groups is 1. The highest BCUT2D eigenvalue weighted by molar-refractivity contribution is 6.31. The van der Waals surface area contributed by atoms with Gasteiger partial charge in [0, 0.05) is 31.6 Å². The predicted octanol–water partition coefficient (Wildman–Crippen LogP) is 2.25. The average Bonchev–Trinajstić information content (AvgIpc) is 3.03. The smallest absolute Gasteiger partial charge is 0.315 e. The van der Waals surface area contributed by atoms with Crippen LogP contribution in [0.25, 0.3) is 11.0 Å². The van der Waals surface area contributed by atoms with Crippen LogP contribution in [0.3, 0.4) is 0 Å². The fourth-order valence-electron chi connectivity index (χ4n) is 2.87. The van der Waals surface area contributed by atoms with Crippen molar-refractivity contribution in [2.45, 2.75) is 31.9 Å². The zero-order valence-electron chi connectivity index (χ0n) is 13.3. The van der Waals surface area contributed by atoms with Gasteiger partial charge in [0.1, 0.15) is 5.82 Å². The van der Waals surface area contributed by atoms with E-state index in [1.807, 2.05) is 36.7 Å². The lowest BCUT2D eigenvalue weighted by Crippen LogP contribution is -2.45. The summed E-state index contributed by atoms with van der Waals surface area (Å²) in [5.41, 5.74) is 1.90. The molecular weight excluding hydrogens is 316 g/mol. The molecular formula is C16H21ClN4O2. The van der Waals surface area contributed by atoms with Crippen LogP contribution in [0.4, 0.5) is 4.79 Å². The minimum atomic E-state index is -0.158. The molecule has 2 heterocycles. The summed E-state index contributed by atoms with van der Waals surface area (Å²) in [6.07, 6.45) is 1.60. The number of aryl methyl sites for hydroxylation is 1. The summed E-state index contributed by atoms with van der Waals surface area (Å²) in [5, 5.41) is 6.49. The van der Waals surface area contributed by atoms with Gasteiger partial charge in [-0.05, 0) is 31.5 Å². The first-order valence-electron chi connectivity index (χ1n) is 7.81. The molecule has 3 rings (SSSR count). The second-order valence-electron chi connectivity index (χ2n) is 5.84. The molecule has 0 unspecified atom stereocenters. The van der Waals surface area contributed by atoms with Crippen LogP contribution in [0.15, 0.2) is 18.2 Å². The molecule has 1 fully saturated rings. The number of carbonyl (C=O) groups is 1. The van der Waals surface area contributed by atoms with Crippen molar-refractivity contribution >= 4 is 28.7 Å². The Morgan fingerprint density at radius 3 is 3.09 bits per heavy atom. The van der Waals surface area contributed by atoms with Gasteiger partial charge in [0.15, 0.2) is 0 Å². The van der Waals surface area contributed by atoms with Crippen molar-refractivity contribution in [3.05, 3.63) is 29.0 Å². The third-order valence-electron chi connectivity index (χ3n) is 4.26. The predicted molar refractivity (Wildman–Crippen MR) is 89.8 cm³/mol. The summed E-state index contributed by atoms with van der Waals surface area (Å²) in [7, 11) is 1.97. The van der Waals surface area contributed by atoms with Gasteiger partial charge < -0.3 is 19.9 Å². The van der Waals surface area contributed by atoms with Gasteiger partial charge >= 0.3 is 6.03 Å². The fourth-order valence-corrected chi connectivity index (χ4v) is 3.04. The molecule has 1 aliphatic rings. The van der Waals surface area contributed by atoms with E-state index < -0.39 is 0 Å². The van der Waals surface area contributed by atoms with Crippen LogP contribution in [0.2, 0.25) is 5.02 Å². The van der Waals surface area contributed by atoms with Crippen molar-refractivity contribution in [3.63, 3.8) is 0 Å². The van der Waals surface area contributed by atoms with Gasteiger partial charge in [0.25, 0.3) is 0 Å². The van der Waals surface area contributed by atoms with E-state index in [0.29, 0.717) is 24.6 Å². The second kappa shape index (κ2) is 6.76. The number of nitrogens with zero attached hydrogens (tertiary/aromatic N) is 2. The van der Waals surface area contributed by atoms with E-state index >= 15 is 0 Å². The Kier molecular flexibility index (Phi) is 4.73. The third kappa shape index (κ3) is 3.59. The number of nitrogens with one attached hydrogen (secondary N) is 2. The minimum Gasteiger partial charge on any atom is -0.376 e. The van der Waals surface area contributed by atoms with Crippen LogP contribution in [-0.2, 0) is 18.2 Å². The minimum absolute atomic E-state index is 0.0744. The number of amides is 2. The number of halogens is 1. The molecule has 0 saturated carbocycles. The first-order valence-corrected chi connectivity index (χ1v) is 8.19. The summed E-state index contributed by atoms with van der Waals surface area (Å²) in [4.78, 5) is 16.5. The van der Waals surface area contributed by atoms with Crippen molar-refractivity contribution in [3.8, 4) is 0 Å². The third-order valence-corrected chi connectivity index (χ3v) is 4.50. The lowest BCUT2D eigenvalue weighted by Gasteiger charge is -2.16. The second-order valence-corrected chi connectivity index (χ2v) is 6.28. The van der Waals surface area contributed by atoms with Gasteiger partial charge in [-0.25, -0.2) is 9.78 Å². The highest BCUT2D eigenvalue weighted by Gasteiger charge is 2.25. The summed E-state index contributed by atoms with van der Waals surface area (Å²) in [6, 6.07) is 5.59. The SMILES string of the molecule is C[C@H]1OCC[C@@H]1NC(=O)NCCc1nc2cc(Cl)ccc2n1C. The zero-order chi connectivity index (χ0) is 16.4. The number of fused-ring (bicyclic) bond motifs is 1. The van der Waals surface area contributed by atoms with Crippen LogP contribution in [0, 0.1) is 0 Å². The quantitative estimate of drug-likeness (QED) is 0.899. The fraction of sp³-hybridized carbons (Fsp3) is 0.500. The number of benzene rings is 1. The van der Waals surface area contributed by atoms with Crippen LogP contribution < -0.4 is 10.6 Å². The van der Waals surface area contributed by atoms with E-state index in [2.05, 4.69) is 15.6 Å². The van der Waals surface area contributed by atoms with Crippen LogP contribution >= 0.6 is 11.6 Å². The molecule has 2 aromatic rings. The molecule has 124 valence electrons. The molecule has 1 aliphatic heterocycles. The number of carbonyl (C=O) groups excluding carboxylic acids is 1. The van der Waals surface area contributed by atoms with Gasteiger partial charge in [-0.15, -0.1) is 0 Å². The lowest BCUT2D eigenvalue weighted by molar-refractivity contribution is 0.114. The lowest BCUT2D eigenvalue weighted by atomic mass is 10.2. The number of ether oxygens (including phenoxy) is 1. The molecule has 23 heavy (non-hydrogen) atoms. The van der Waals surface area contributed by atoms with Gasteiger partial charge in [-0.2, -0.15) is 0 Å². The van der Waals surface area contributed by atoms with E-state index in [4.69, 9.17) is 16.3 Å². The van der Waals surface area contributed by atoms with E-state index in [1.165, 1.54) is 0 Å². The summed E-state index contributed by atoms with van der Waals surface area (Å²) < 4.78 is 7.46. The first kappa shape index (κ1) is 16.1. The highest BCUT2D eigenvalue weighted by Crippen LogP contribution is 2.19. The van der Waals surface area contributed by atoms with Gasteiger partial charge in [-0.1, -0.05) is 11.6 Å². The Morgan fingerprint density at radius 1 is 1.52 bits per heavy atom. The number of hydrogen-bond acceptors (Lipinski definition) is 3. The molecule has 2 atom stereocenters. The maximum absolute atomic E-state index is 11.9. The Morgan fingerprint density at radius 2 is 2.35 bits per heavy atom. The van der Waals surface area contributed by atoms with Crippen molar-refractivity contribution < 1.29 is 9.53 Å². The average molecular weight is 337 g/mol. The molecule has 7 heteroatoms. The first-order chi connectivity index (χ1) is 11.0.